The van der Waals surface area contributed by atoms with E-state index in [4.69, 9.17) is 5.73 Å². The van der Waals surface area contributed by atoms with Crippen LogP contribution in [0, 0.1) is 6.92 Å². The van der Waals surface area contributed by atoms with E-state index in [0.717, 1.165) is 5.56 Å². The van der Waals surface area contributed by atoms with Crippen molar-refractivity contribution in [2.75, 3.05) is 24.3 Å². The lowest BCUT2D eigenvalue weighted by atomic mass is 10.2. The fourth-order valence-electron chi connectivity index (χ4n) is 1.33. The molecule has 0 atom stereocenters. The molecular weight excluding hydrogens is 261 g/mol. The molecule has 0 spiro atoms. The fourth-order valence-corrected chi connectivity index (χ4v) is 1.33. The fraction of sp³-hybridized carbons (Fsp3) is 0.417. The van der Waals surface area contributed by atoms with Crippen molar-refractivity contribution in [1.29, 1.82) is 0 Å². The van der Waals surface area contributed by atoms with Crippen LogP contribution in [-0.2, 0) is 9.53 Å². The highest BCUT2D eigenvalue weighted by Crippen LogP contribution is 2.17. The summed E-state index contributed by atoms with van der Waals surface area (Å²) in [4.78, 5) is 11.4. The number of rotatable bonds is 5. The third-order valence-corrected chi connectivity index (χ3v) is 2.29. The molecule has 1 amide bonds. The second kappa shape index (κ2) is 6.42. The zero-order chi connectivity index (χ0) is 14.5. The van der Waals surface area contributed by atoms with Gasteiger partial charge >= 0.3 is 6.18 Å². The van der Waals surface area contributed by atoms with Gasteiger partial charge in [-0.25, -0.2) is 0 Å². The SMILES string of the molecule is Cc1cc(NC(=O)CCOCC(F)(F)F)ccc1N. The smallest absolute Gasteiger partial charge is 0.399 e. The van der Waals surface area contributed by atoms with E-state index in [-0.39, 0.29) is 13.0 Å². The van der Waals surface area contributed by atoms with Gasteiger partial charge < -0.3 is 15.8 Å². The molecule has 0 aliphatic rings. The summed E-state index contributed by atoms with van der Waals surface area (Å²) in [6, 6.07) is 4.95. The highest BCUT2D eigenvalue weighted by molar-refractivity contribution is 5.91. The Morgan fingerprint density at radius 2 is 2.11 bits per heavy atom. The normalized spacial score (nSPS) is 11.4. The second-order valence-corrected chi connectivity index (χ2v) is 4.04. The van der Waals surface area contributed by atoms with Gasteiger partial charge in [0.1, 0.15) is 6.61 Å². The molecule has 0 fully saturated rings. The molecule has 19 heavy (non-hydrogen) atoms. The van der Waals surface area contributed by atoms with E-state index in [9.17, 15) is 18.0 Å². The number of hydrogen-bond acceptors (Lipinski definition) is 3. The molecule has 0 saturated carbocycles. The molecule has 3 N–H and O–H groups in total. The van der Waals surface area contributed by atoms with Gasteiger partial charge in [-0.3, -0.25) is 4.79 Å². The number of nitrogen functional groups attached to an aromatic ring is 1. The maximum atomic E-state index is 11.8. The Kier molecular flexibility index (Phi) is 5.17. The number of carbonyl (C=O) groups excluding carboxylic acids is 1. The number of alkyl halides is 3. The van der Waals surface area contributed by atoms with Gasteiger partial charge in [0, 0.05) is 11.4 Å². The van der Waals surface area contributed by atoms with Crippen LogP contribution in [-0.4, -0.2) is 25.3 Å². The Morgan fingerprint density at radius 3 is 2.68 bits per heavy atom. The Balaban J connectivity index is 2.33. The summed E-state index contributed by atoms with van der Waals surface area (Å²) in [5.74, 6) is -0.411. The molecule has 1 rings (SSSR count). The number of ether oxygens (including phenoxy) is 1. The zero-order valence-electron chi connectivity index (χ0n) is 10.4. The maximum absolute atomic E-state index is 11.8. The van der Waals surface area contributed by atoms with Gasteiger partial charge in [0.25, 0.3) is 0 Å². The van der Waals surface area contributed by atoms with Gasteiger partial charge in [-0.1, -0.05) is 0 Å². The van der Waals surface area contributed by atoms with Crippen molar-refractivity contribution in [2.24, 2.45) is 0 Å². The standard InChI is InChI=1S/C12H15F3N2O2/c1-8-6-9(2-3-10(8)16)17-11(18)4-5-19-7-12(13,14)15/h2-3,6H,4-5,7,16H2,1H3,(H,17,18). The van der Waals surface area contributed by atoms with Crippen molar-refractivity contribution >= 4 is 17.3 Å². The minimum absolute atomic E-state index is 0.139. The average Bonchev–Trinajstić information content (AvgIpc) is 2.28. The molecular formula is C12H15F3N2O2. The largest absolute Gasteiger partial charge is 0.411 e. The molecule has 0 radical (unpaired) electrons. The predicted octanol–water partition coefficient (Wildman–Crippen LogP) is 2.48. The van der Waals surface area contributed by atoms with Gasteiger partial charge in [-0.2, -0.15) is 13.2 Å². The van der Waals surface area contributed by atoms with Crippen LogP contribution in [0.25, 0.3) is 0 Å². The number of carbonyl (C=O) groups is 1. The van der Waals surface area contributed by atoms with Crippen molar-refractivity contribution in [3.63, 3.8) is 0 Å². The van der Waals surface area contributed by atoms with E-state index in [2.05, 4.69) is 10.1 Å². The summed E-state index contributed by atoms with van der Waals surface area (Å²) in [7, 11) is 0. The second-order valence-electron chi connectivity index (χ2n) is 4.04. The molecule has 106 valence electrons. The Bertz CT molecular complexity index is 447. The summed E-state index contributed by atoms with van der Waals surface area (Å²) in [5, 5.41) is 2.55. The topological polar surface area (TPSA) is 64.3 Å². The molecule has 0 aliphatic carbocycles. The summed E-state index contributed by atoms with van der Waals surface area (Å²) in [5.41, 5.74) is 7.58. The molecule has 0 bridgehead atoms. The van der Waals surface area contributed by atoms with Crippen LogP contribution in [0.1, 0.15) is 12.0 Å². The molecule has 0 unspecified atom stereocenters. The molecule has 4 nitrogen and oxygen atoms in total. The van der Waals surface area contributed by atoms with Crippen molar-refractivity contribution in [1.82, 2.24) is 0 Å². The van der Waals surface area contributed by atoms with Gasteiger partial charge in [-0.05, 0) is 30.7 Å². The van der Waals surface area contributed by atoms with Gasteiger partial charge in [0.15, 0.2) is 0 Å². The molecule has 1 aromatic carbocycles. The summed E-state index contributed by atoms with van der Waals surface area (Å²) >= 11 is 0. The summed E-state index contributed by atoms with van der Waals surface area (Å²) in [6.45, 7) is 0.165. The number of anilines is 2. The first-order valence-electron chi connectivity index (χ1n) is 5.58. The first-order valence-corrected chi connectivity index (χ1v) is 5.58. The quantitative estimate of drug-likeness (QED) is 0.641. The lowest BCUT2D eigenvalue weighted by Gasteiger charge is -2.09. The van der Waals surface area contributed by atoms with Gasteiger partial charge in [0.2, 0.25) is 5.91 Å². The number of aryl methyl sites for hydroxylation is 1. The monoisotopic (exact) mass is 276 g/mol. The number of nitrogens with two attached hydrogens (primary N) is 1. The van der Waals surface area contributed by atoms with Crippen LogP contribution in [0.4, 0.5) is 24.5 Å². The van der Waals surface area contributed by atoms with Gasteiger partial charge in [0.05, 0.1) is 13.0 Å². The maximum Gasteiger partial charge on any atom is 0.411 e. The zero-order valence-corrected chi connectivity index (χ0v) is 10.4. The molecule has 7 heteroatoms. The van der Waals surface area contributed by atoms with Crippen LogP contribution in [0.15, 0.2) is 18.2 Å². The molecule has 0 aliphatic heterocycles. The van der Waals surface area contributed by atoms with Crippen LogP contribution >= 0.6 is 0 Å². The molecule has 0 heterocycles. The highest BCUT2D eigenvalue weighted by atomic mass is 19.4. The van der Waals surface area contributed by atoms with Crippen LogP contribution in [0.2, 0.25) is 0 Å². The minimum Gasteiger partial charge on any atom is -0.399 e. The lowest BCUT2D eigenvalue weighted by molar-refractivity contribution is -0.174. The first-order chi connectivity index (χ1) is 8.78. The predicted molar refractivity (Wildman–Crippen MR) is 65.7 cm³/mol. The van der Waals surface area contributed by atoms with Crippen LogP contribution < -0.4 is 11.1 Å². The van der Waals surface area contributed by atoms with E-state index < -0.39 is 18.7 Å². The molecule has 0 aromatic heterocycles. The highest BCUT2D eigenvalue weighted by Gasteiger charge is 2.27. The van der Waals surface area contributed by atoms with E-state index in [1.54, 1.807) is 25.1 Å². The Labute approximate surface area is 108 Å². The van der Waals surface area contributed by atoms with E-state index in [0.29, 0.717) is 11.4 Å². The Hall–Kier alpha value is -1.76. The lowest BCUT2D eigenvalue weighted by Crippen LogP contribution is -2.20. The summed E-state index contributed by atoms with van der Waals surface area (Å²) < 4.78 is 39.7. The number of halogens is 3. The number of hydrogen-bond donors (Lipinski definition) is 2. The number of amides is 1. The number of benzene rings is 1. The average molecular weight is 276 g/mol. The summed E-state index contributed by atoms with van der Waals surface area (Å²) in [6.07, 6.45) is -4.51. The van der Waals surface area contributed by atoms with E-state index in [1.807, 2.05) is 0 Å². The molecule has 0 saturated heterocycles. The third kappa shape index (κ3) is 6.10. The van der Waals surface area contributed by atoms with E-state index >= 15 is 0 Å². The van der Waals surface area contributed by atoms with Crippen molar-refractivity contribution in [2.45, 2.75) is 19.5 Å². The van der Waals surface area contributed by atoms with Gasteiger partial charge in [-0.15, -0.1) is 0 Å². The third-order valence-electron chi connectivity index (χ3n) is 2.29. The first kappa shape index (κ1) is 15.3. The Morgan fingerprint density at radius 1 is 1.42 bits per heavy atom. The molecule has 1 aromatic rings. The number of nitrogens with one attached hydrogen (secondary N) is 1. The van der Waals surface area contributed by atoms with Crippen molar-refractivity contribution in [3.05, 3.63) is 23.8 Å². The van der Waals surface area contributed by atoms with Crippen LogP contribution in [0.3, 0.4) is 0 Å². The van der Waals surface area contributed by atoms with Crippen LogP contribution in [0.5, 0.6) is 0 Å². The van der Waals surface area contributed by atoms with Crippen molar-refractivity contribution < 1.29 is 22.7 Å². The van der Waals surface area contributed by atoms with Crippen molar-refractivity contribution in [3.8, 4) is 0 Å². The minimum atomic E-state index is -4.37. The van der Waals surface area contributed by atoms with E-state index in [1.165, 1.54) is 0 Å².